The Bertz CT molecular complexity index is 922. The SMILES string of the molecule is CC(C)NC(=O)Nc1cccc(C(=O)N2CCC[C@H]2c2nnc3n2CCCCC3)c1. The number of hydrogen-bond acceptors (Lipinski definition) is 4. The number of benzene rings is 1. The van der Waals surface area contributed by atoms with Crippen LogP contribution in [0.1, 0.15) is 74.0 Å². The fourth-order valence-corrected chi connectivity index (χ4v) is 4.36. The molecule has 1 aromatic heterocycles. The largest absolute Gasteiger partial charge is 0.336 e. The third kappa shape index (κ3) is 4.32. The Balaban J connectivity index is 1.53. The van der Waals surface area contributed by atoms with Crippen LogP contribution in [0.5, 0.6) is 0 Å². The van der Waals surface area contributed by atoms with Gasteiger partial charge in [-0.2, -0.15) is 0 Å². The van der Waals surface area contributed by atoms with E-state index in [1.54, 1.807) is 24.3 Å². The second-order valence-corrected chi connectivity index (χ2v) is 8.43. The fraction of sp³-hybridized carbons (Fsp3) is 0.545. The van der Waals surface area contributed by atoms with Gasteiger partial charge in [-0.25, -0.2) is 4.79 Å². The summed E-state index contributed by atoms with van der Waals surface area (Å²) in [7, 11) is 0. The molecule has 8 nitrogen and oxygen atoms in total. The van der Waals surface area contributed by atoms with Gasteiger partial charge in [0.05, 0.1) is 6.04 Å². The molecule has 1 aromatic carbocycles. The van der Waals surface area contributed by atoms with E-state index in [4.69, 9.17) is 0 Å². The number of carbonyl (C=O) groups excluding carboxylic acids is 2. The number of aromatic nitrogens is 3. The van der Waals surface area contributed by atoms with Crippen LogP contribution >= 0.6 is 0 Å². The minimum absolute atomic E-state index is 0.0311. The molecule has 4 rings (SSSR count). The van der Waals surface area contributed by atoms with E-state index in [0.717, 1.165) is 50.3 Å². The van der Waals surface area contributed by atoms with Crippen LogP contribution in [-0.2, 0) is 13.0 Å². The minimum Gasteiger partial charge on any atom is -0.336 e. The first kappa shape index (κ1) is 20.4. The van der Waals surface area contributed by atoms with Crippen LogP contribution in [-0.4, -0.2) is 44.2 Å². The monoisotopic (exact) mass is 410 g/mol. The van der Waals surface area contributed by atoms with Crippen molar-refractivity contribution in [3.63, 3.8) is 0 Å². The number of likely N-dealkylation sites (tertiary alicyclic amines) is 1. The van der Waals surface area contributed by atoms with Gasteiger partial charge >= 0.3 is 6.03 Å². The van der Waals surface area contributed by atoms with Crippen LogP contribution in [0.4, 0.5) is 10.5 Å². The number of amides is 3. The lowest BCUT2D eigenvalue weighted by atomic mass is 10.1. The summed E-state index contributed by atoms with van der Waals surface area (Å²) in [5.41, 5.74) is 1.17. The van der Waals surface area contributed by atoms with Crippen LogP contribution in [0.3, 0.4) is 0 Å². The summed E-state index contributed by atoms with van der Waals surface area (Å²) in [6.07, 6.45) is 6.30. The van der Waals surface area contributed by atoms with E-state index in [9.17, 15) is 9.59 Å². The van der Waals surface area contributed by atoms with Crippen molar-refractivity contribution < 1.29 is 9.59 Å². The van der Waals surface area contributed by atoms with Gasteiger partial charge in [-0.1, -0.05) is 12.5 Å². The molecule has 0 saturated carbocycles. The molecular weight excluding hydrogens is 380 g/mol. The molecule has 8 heteroatoms. The van der Waals surface area contributed by atoms with Gasteiger partial charge in [-0.05, 0) is 57.7 Å². The molecule has 1 atom stereocenters. The van der Waals surface area contributed by atoms with Gasteiger partial charge in [-0.15, -0.1) is 10.2 Å². The highest BCUT2D eigenvalue weighted by atomic mass is 16.2. The maximum atomic E-state index is 13.3. The molecule has 30 heavy (non-hydrogen) atoms. The summed E-state index contributed by atoms with van der Waals surface area (Å²) in [6, 6.07) is 6.84. The van der Waals surface area contributed by atoms with Gasteiger partial charge in [0.1, 0.15) is 5.82 Å². The zero-order valence-corrected chi connectivity index (χ0v) is 17.7. The number of urea groups is 1. The average molecular weight is 411 g/mol. The zero-order chi connectivity index (χ0) is 21.1. The molecular formula is C22H30N6O2. The van der Waals surface area contributed by atoms with Gasteiger partial charge in [0.15, 0.2) is 5.82 Å². The maximum Gasteiger partial charge on any atom is 0.319 e. The summed E-state index contributed by atoms with van der Waals surface area (Å²) >= 11 is 0. The molecule has 1 fully saturated rings. The molecule has 0 aliphatic carbocycles. The number of fused-ring (bicyclic) bond motifs is 1. The van der Waals surface area contributed by atoms with E-state index >= 15 is 0 Å². The number of anilines is 1. The third-order valence-corrected chi connectivity index (χ3v) is 5.74. The average Bonchev–Trinajstić information content (AvgIpc) is 3.27. The van der Waals surface area contributed by atoms with Gasteiger partial charge in [0.25, 0.3) is 5.91 Å². The predicted octanol–water partition coefficient (Wildman–Crippen LogP) is 3.51. The van der Waals surface area contributed by atoms with E-state index in [0.29, 0.717) is 17.8 Å². The molecule has 3 amide bonds. The molecule has 2 aromatic rings. The lowest BCUT2D eigenvalue weighted by Gasteiger charge is -2.25. The number of nitrogens with zero attached hydrogens (tertiary/aromatic N) is 4. The molecule has 160 valence electrons. The highest BCUT2D eigenvalue weighted by molar-refractivity contribution is 5.97. The van der Waals surface area contributed by atoms with Crippen LogP contribution in [0.2, 0.25) is 0 Å². The second-order valence-electron chi connectivity index (χ2n) is 8.43. The minimum atomic E-state index is -0.278. The quantitative estimate of drug-likeness (QED) is 0.807. The standard InChI is InChI=1S/C22H30N6O2/c1-15(2)23-22(30)24-17-9-6-8-16(14-17)21(29)27-13-7-10-18(27)20-26-25-19-11-4-3-5-12-28(19)20/h6,8-9,14-15,18H,3-5,7,10-13H2,1-2H3,(H2,23,24,30)/t18-/m0/s1. The lowest BCUT2D eigenvalue weighted by molar-refractivity contribution is 0.0727. The van der Waals surface area contributed by atoms with Gasteiger partial charge in [0.2, 0.25) is 0 Å². The third-order valence-electron chi connectivity index (χ3n) is 5.74. The van der Waals surface area contributed by atoms with Gasteiger partial charge < -0.3 is 20.1 Å². The van der Waals surface area contributed by atoms with E-state index < -0.39 is 0 Å². The Hall–Kier alpha value is -2.90. The normalized spacial score (nSPS) is 18.8. The van der Waals surface area contributed by atoms with Crippen LogP contribution in [0.25, 0.3) is 0 Å². The number of rotatable bonds is 4. The fourth-order valence-electron chi connectivity index (χ4n) is 4.36. The van der Waals surface area contributed by atoms with Crippen molar-refractivity contribution >= 4 is 17.6 Å². The number of carbonyl (C=O) groups is 2. The summed E-state index contributed by atoms with van der Waals surface area (Å²) in [4.78, 5) is 27.3. The molecule has 0 radical (unpaired) electrons. The summed E-state index contributed by atoms with van der Waals surface area (Å²) in [5.74, 6) is 1.93. The second kappa shape index (κ2) is 8.85. The first-order valence-electron chi connectivity index (χ1n) is 10.9. The van der Waals surface area contributed by atoms with Crippen molar-refractivity contribution in [1.82, 2.24) is 25.0 Å². The summed E-state index contributed by atoms with van der Waals surface area (Å²) < 4.78 is 2.23. The van der Waals surface area contributed by atoms with E-state index in [1.807, 2.05) is 18.7 Å². The smallest absolute Gasteiger partial charge is 0.319 e. The highest BCUT2D eigenvalue weighted by Crippen LogP contribution is 2.33. The zero-order valence-electron chi connectivity index (χ0n) is 17.7. The van der Waals surface area contributed by atoms with Crippen molar-refractivity contribution in [2.45, 2.75) is 71.0 Å². The lowest BCUT2D eigenvalue weighted by Crippen LogP contribution is -2.34. The summed E-state index contributed by atoms with van der Waals surface area (Å²) in [5, 5.41) is 14.5. The topological polar surface area (TPSA) is 92.2 Å². The Morgan fingerprint density at radius 1 is 1.10 bits per heavy atom. The van der Waals surface area contributed by atoms with Crippen molar-refractivity contribution in [1.29, 1.82) is 0 Å². The van der Waals surface area contributed by atoms with Crippen LogP contribution in [0, 0.1) is 0 Å². The van der Waals surface area contributed by atoms with Crippen LogP contribution < -0.4 is 10.6 Å². The molecule has 0 spiro atoms. The van der Waals surface area contributed by atoms with Crippen molar-refractivity contribution in [3.8, 4) is 0 Å². The Morgan fingerprint density at radius 2 is 1.97 bits per heavy atom. The predicted molar refractivity (Wildman–Crippen MR) is 114 cm³/mol. The number of aryl methyl sites for hydroxylation is 1. The van der Waals surface area contributed by atoms with Crippen molar-refractivity contribution in [3.05, 3.63) is 41.5 Å². The first-order chi connectivity index (χ1) is 14.5. The summed E-state index contributed by atoms with van der Waals surface area (Å²) in [6.45, 7) is 5.44. The van der Waals surface area contributed by atoms with Crippen molar-refractivity contribution in [2.75, 3.05) is 11.9 Å². The molecule has 2 aliphatic heterocycles. The molecule has 0 bridgehead atoms. The Kier molecular flexibility index (Phi) is 6.01. The molecule has 2 N–H and O–H groups in total. The van der Waals surface area contributed by atoms with Crippen molar-refractivity contribution in [2.24, 2.45) is 0 Å². The van der Waals surface area contributed by atoms with E-state index in [2.05, 4.69) is 25.4 Å². The van der Waals surface area contributed by atoms with Gasteiger partial charge in [-0.3, -0.25) is 4.79 Å². The molecule has 1 saturated heterocycles. The number of nitrogens with one attached hydrogen (secondary N) is 2. The maximum absolute atomic E-state index is 13.3. The Labute approximate surface area is 177 Å². The molecule has 0 unspecified atom stereocenters. The molecule has 3 heterocycles. The highest BCUT2D eigenvalue weighted by Gasteiger charge is 2.35. The Morgan fingerprint density at radius 3 is 2.80 bits per heavy atom. The number of hydrogen-bond donors (Lipinski definition) is 2. The van der Waals surface area contributed by atoms with E-state index in [-0.39, 0.29) is 24.0 Å². The first-order valence-corrected chi connectivity index (χ1v) is 10.9. The molecule has 2 aliphatic rings. The van der Waals surface area contributed by atoms with Gasteiger partial charge in [0, 0.05) is 36.8 Å². The van der Waals surface area contributed by atoms with E-state index in [1.165, 1.54) is 6.42 Å². The van der Waals surface area contributed by atoms with Crippen LogP contribution in [0.15, 0.2) is 24.3 Å².